The Balaban J connectivity index is 1.59. The Morgan fingerprint density at radius 1 is 1.26 bits per heavy atom. The second-order valence-electron chi connectivity index (χ2n) is 9.11. The predicted octanol–water partition coefficient (Wildman–Crippen LogP) is 3.10. The van der Waals surface area contributed by atoms with Gasteiger partial charge in [0, 0.05) is 6.54 Å². The minimum absolute atomic E-state index is 0.000474. The summed E-state index contributed by atoms with van der Waals surface area (Å²) in [6, 6.07) is 0.0436. The van der Waals surface area contributed by atoms with Crippen molar-refractivity contribution >= 4 is 34.6 Å². The van der Waals surface area contributed by atoms with Crippen LogP contribution in [0.4, 0.5) is 10.6 Å². The topological polar surface area (TPSA) is 89.9 Å². The smallest absolute Gasteiger partial charge is 0.410 e. The largest absolute Gasteiger partial charge is 0.489 e. The molecule has 0 saturated carbocycles. The number of ether oxygens (including phenoxy) is 3. The second-order valence-corrected chi connectivity index (χ2v) is 9.88. The first-order valence-electron chi connectivity index (χ1n) is 10.5. The third kappa shape index (κ3) is 3.31. The Morgan fingerprint density at radius 3 is 2.77 bits per heavy atom. The zero-order chi connectivity index (χ0) is 21.9. The number of thioether (sulfide) groups is 1. The average molecular weight is 446 g/mol. The van der Waals surface area contributed by atoms with E-state index in [0.717, 1.165) is 24.0 Å². The van der Waals surface area contributed by atoms with Crippen LogP contribution in [0.15, 0.2) is 11.4 Å². The van der Waals surface area contributed by atoms with Gasteiger partial charge < -0.3 is 19.1 Å². The van der Waals surface area contributed by atoms with Crippen molar-refractivity contribution in [2.24, 2.45) is 0 Å². The number of hydrogen-bond donors (Lipinski definition) is 0. The van der Waals surface area contributed by atoms with Crippen LogP contribution >= 0.6 is 11.8 Å². The van der Waals surface area contributed by atoms with Gasteiger partial charge >= 0.3 is 6.09 Å². The number of nitrogens with zero attached hydrogens (tertiary/aromatic N) is 5. The summed E-state index contributed by atoms with van der Waals surface area (Å²) in [6.07, 6.45) is 5.23. The Hall–Kier alpha value is -2.49. The molecule has 0 unspecified atom stereocenters. The standard InChI is InChI=1S/C21H27N5O4S/c1-21(2,3)30-20(27)26-11-6-7-12(26)13-10-29-14-8-22-18(28-4)16-15(14)17(25(13)9-11)24-19(23-16)31-5/h8,11-13H,6-7,9-10H2,1-5H3/t11-,12+,13-/m1/s1. The third-order valence-electron chi connectivity index (χ3n) is 6.08. The number of rotatable bonds is 2. The number of amides is 1. The van der Waals surface area contributed by atoms with Crippen molar-refractivity contribution < 1.29 is 19.0 Å². The van der Waals surface area contributed by atoms with Crippen LogP contribution in [0.1, 0.15) is 33.6 Å². The first-order chi connectivity index (χ1) is 14.8. The molecule has 0 aromatic carbocycles. The fourth-order valence-electron chi connectivity index (χ4n) is 4.87. The van der Waals surface area contributed by atoms with E-state index in [1.807, 2.05) is 31.9 Å². The van der Waals surface area contributed by atoms with Crippen molar-refractivity contribution in [3.63, 3.8) is 0 Å². The van der Waals surface area contributed by atoms with Gasteiger partial charge in [-0.05, 0) is 39.9 Å². The minimum atomic E-state index is -0.530. The lowest BCUT2D eigenvalue weighted by molar-refractivity contribution is 0.00546. The second kappa shape index (κ2) is 7.29. The van der Waals surface area contributed by atoms with Gasteiger partial charge in [-0.25, -0.2) is 19.7 Å². The molecule has 166 valence electrons. The number of hydrogen-bond acceptors (Lipinski definition) is 9. The van der Waals surface area contributed by atoms with E-state index in [1.54, 1.807) is 13.3 Å². The molecule has 10 heteroatoms. The molecule has 0 spiro atoms. The molecule has 1 amide bonds. The minimum Gasteiger partial charge on any atom is -0.489 e. The van der Waals surface area contributed by atoms with E-state index < -0.39 is 5.60 Å². The molecule has 5 rings (SSSR count). The van der Waals surface area contributed by atoms with Gasteiger partial charge in [0.05, 0.1) is 36.8 Å². The van der Waals surface area contributed by atoms with Crippen LogP contribution < -0.4 is 14.4 Å². The lowest BCUT2D eigenvalue weighted by Gasteiger charge is -2.46. The van der Waals surface area contributed by atoms with Crippen molar-refractivity contribution in [2.45, 2.75) is 62.5 Å². The van der Waals surface area contributed by atoms with Crippen LogP contribution in [-0.4, -0.2) is 76.2 Å². The number of fused-ring (bicyclic) bond motifs is 5. The Labute approximate surface area is 185 Å². The summed E-state index contributed by atoms with van der Waals surface area (Å²) in [6.45, 7) is 6.81. The molecule has 2 fully saturated rings. The van der Waals surface area contributed by atoms with E-state index in [-0.39, 0.29) is 24.2 Å². The summed E-state index contributed by atoms with van der Waals surface area (Å²) >= 11 is 1.48. The zero-order valence-electron chi connectivity index (χ0n) is 18.4. The van der Waals surface area contributed by atoms with Crippen molar-refractivity contribution in [1.82, 2.24) is 19.9 Å². The zero-order valence-corrected chi connectivity index (χ0v) is 19.2. The summed E-state index contributed by atoms with van der Waals surface area (Å²) in [5.74, 6) is 1.93. The predicted molar refractivity (Wildman–Crippen MR) is 117 cm³/mol. The van der Waals surface area contributed by atoms with Gasteiger partial charge in [-0.1, -0.05) is 11.8 Å². The van der Waals surface area contributed by atoms with Crippen LogP contribution in [0.3, 0.4) is 0 Å². The van der Waals surface area contributed by atoms with Gasteiger partial charge in [0.25, 0.3) is 0 Å². The molecule has 2 aromatic rings. The maximum atomic E-state index is 13.0. The van der Waals surface area contributed by atoms with Gasteiger partial charge in [0.15, 0.2) is 10.9 Å². The number of carbonyl (C=O) groups excluding carboxylic acids is 1. The molecule has 31 heavy (non-hydrogen) atoms. The van der Waals surface area contributed by atoms with E-state index in [2.05, 4.69) is 14.9 Å². The van der Waals surface area contributed by atoms with Gasteiger partial charge in [0.1, 0.15) is 23.5 Å². The first kappa shape index (κ1) is 20.4. The summed E-state index contributed by atoms with van der Waals surface area (Å²) in [4.78, 5) is 31.2. The third-order valence-corrected chi connectivity index (χ3v) is 6.63. The molecule has 3 atom stereocenters. The Bertz CT molecular complexity index is 1040. The summed E-state index contributed by atoms with van der Waals surface area (Å²) in [5.41, 5.74) is 0.120. The monoisotopic (exact) mass is 445 g/mol. The van der Waals surface area contributed by atoms with Crippen LogP contribution in [0.2, 0.25) is 0 Å². The number of methoxy groups -OCH3 is 1. The van der Waals surface area contributed by atoms with Crippen molar-refractivity contribution in [3.05, 3.63) is 6.20 Å². The molecule has 2 bridgehead atoms. The molecular weight excluding hydrogens is 418 g/mol. The Kier molecular flexibility index (Phi) is 4.80. The van der Waals surface area contributed by atoms with Gasteiger partial charge in [-0.2, -0.15) is 0 Å². The van der Waals surface area contributed by atoms with Crippen LogP contribution in [0.5, 0.6) is 11.6 Å². The lowest BCUT2D eigenvalue weighted by atomic mass is 10.0. The molecule has 9 nitrogen and oxygen atoms in total. The van der Waals surface area contributed by atoms with E-state index in [1.165, 1.54) is 11.8 Å². The van der Waals surface area contributed by atoms with Gasteiger partial charge in [0.2, 0.25) is 5.88 Å². The van der Waals surface area contributed by atoms with Gasteiger partial charge in [-0.3, -0.25) is 4.90 Å². The number of pyridine rings is 1. The molecule has 3 aliphatic heterocycles. The molecule has 0 radical (unpaired) electrons. The molecule has 0 N–H and O–H groups in total. The SMILES string of the molecule is COc1ncc2c3c(nc(SC)nc13)N1C[C@H]3CC[C@@H]([C@H]1CO2)N3C(=O)OC(C)(C)C. The van der Waals surface area contributed by atoms with E-state index in [9.17, 15) is 4.79 Å². The highest BCUT2D eigenvalue weighted by atomic mass is 32.2. The highest BCUT2D eigenvalue weighted by Gasteiger charge is 2.51. The fraction of sp³-hybridized carbons (Fsp3) is 0.619. The van der Waals surface area contributed by atoms with Crippen LogP contribution in [-0.2, 0) is 4.74 Å². The van der Waals surface area contributed by atoms with Crippen molar-refractivity contribution in [3.8, 4) is 11.6 Å². The van der Waals surface area contributed by atoms with Crippen molar-refractivity contribution in [1.29, 1.82) is 0 Å². The quantitative estimate of drug-likeness (QED) is 0.511. The van der Waals surface area contributed by atoms with E-state index >= 15 is 0 Å². The summed E-state index contributed by atoms with van der Waals surface area (Å²) in [5, 5.41) is 1.47. The normalized spacial score (nSPS) is 24.5. The first-order valence-corrected chi connectivity index (χ1v) is 11.7. The molecule has 5 heterocycles. The highest BCUT2D eigenvalue weighted by molar-refractivity contribution is 7.98. The fourth-order valence-corrected chi connectivity index (χ4v) is 5.23. The van der Waals surface area contributed by atoms with E-state index in [0.29, 0.717) is 35.5 Å². The molecule has 0 aliphatic carbocycles. The summed E-state index contributed by atoms with van der Waals surface area (Å²) < 4.78 is 17.4. The number of carbonyl (C=O) groups is 1. The van der Waals surface area contributed by atoms with Crippen LogP contribution in [0.25, 0.3) is 10.9 Å². The lowest BCUT2D eigenvalue weighted by Crippen LogP contribution is -2.63. The molecular formula is C21H27N5O4S. The maximum Gasteiger partial charge on any atom is 0.410 e. The number of anilines is 1. The average Bonchev–Trinajstić information content (AvgIpc) is 2.96. The van der Waals surface area contributed by atoms with Crippen LogP contribution in [0, 0.1) is 0 Å². The number of piperazine rings is 1. The number of aromatic nitrogens is 3. The van der Waals surface area contributed by atoms with Crippen molar-refractivity contribution in [2.75, 3.05) is 31.4 Å². The molecule has 3 aliphatic rings. The Morgan fingerprint density at radius 2 is 2.06 bits per heavy atom. The van der Waals surface area contributed by atoms with E-state index in [4.69, 9.17) is 19.2 Å². The highest BCUT2D eigenvalue weighted by Crippen LogP contribution is 2.44. The summed E-state index contributed by atoms with van der Waals surface area (Å²) in [7, 11) is 1.59. The molecule has 2 aromatic heterocycles. The van der Waals surface area contributed by atoms with Gasteiger partial charge in [-0.15, -0.1) is 0 Å². The molecule has 2 saturated heterocycles. The maximum absolute atomic E-state index is 13.0.